The van der Waals surface area contributed by atoms with E-state index in [0.29, 0.717) is 18.2 Å². The third-order valence-corrected chi connectivity index (χ3v) is 4.97. The molecule has 0 unspecified atom stereocenters. The Morgan fingerprint density at radius 3 is 2.76 bits per heavy atom. The Balaban J connectivity index is 1.74. The van der Waals surface area contributed by atoms with E-state index in [1.54, 1.807) is 13.3 Å². The van der Waals surface area contributed by atoms with Gasteiger partial charge in [0.15, 0.2) is 0 Å². The highest BCUT2D eigenvalue weighted by molar-refractivity contribution is 5.92. The van der Waals surface area contributed by atoms with Crippen molar-refractivity contribution in [3.05, 3.63) is 65.0 Å². The summed E-state index contributed by atoms with van der Waals surface area (Å²) in [7, 11) is 1.77. The molecule has 0 bridgehead atoms. The Hall–Kier alpha value is -2.20. The number of nitrogens with zero attached hydrogens (tertiary/aromatic N) is 2. The number of aromatic nitrogens is 1. The molecule has 1 aromatic carbocycles. The fourth-order valence-electron chi connectivity index (χ4n) is 3.66. The molecule has 0 spiro atoms. The first-order chi connectivity index (χ1) is 12.1. The molecule has 1 fully saturated rings. The second kappa shape index (κ2) is 7.79. The molecule has 0 saturated carbocycles. The van der Waals surface area contributed by atoms with E-state index in [9.17, 15) is 4.79 Å². The molecular formula is C21H26N2O2. The zero-order valence-electron chi connectivity index (χ0n) is 15.2. The lowest BCUT2D eigenvalue weighted by molar-refractivity contribution is -0.00317. The lowest BCUT2D eigenvalue weighted by Crippen LogP contribution is -2.47. The zero-order valence-corrected chi connectivity index (χ0v) is 15.2. The fraction of sp³-hybridized carbons (Fsp3) is 0.429. The van der Waals surface area contributed by atoms with Crippen LogP contribution in [0.4, 0.5) is 0 Å². The maximum atomic E-state index is 12.8. The van der Waals surface area contributed by atoms with Crippen molar-refractivity contribution in [3.8, 4) is 0 Å². The molecule has 25 heavy (non-hydrogen) atoms. The van der Waals surface area contributed by atoms with E-state index in [1.165, 1.54) is 11.1 Å². The van der Waals surface area contributed by atoms with Crippen molar-refractivity contribution in [1.29, 1.82) is 0 Å². The van der Waals surface area contributed by atoms with E-state index in [2.05, 4.69) is 36.2 Å². The van der Waals surface area contributed by atoms with Crippen LogP contribution >= 0.6 is 0 Å². The van der Waals surface area contributed by atoms with Gasteiger partial charge in [-0.15, -0.1) is 0 Å². The number of pyridine rings is 1. The molecule has 2 aromatic rings. The average Bonchev–Trinajstić information content (AvgIpc) is 2.61. The molecule has 0 radical (unpaired) electrons. The molecule has 1 aliphatic heterocycles. The van der Waals surface area contributed by atoms with Crippen molar-refractivity contribution >= 4 is 5.91 Å². The maximum absolute atomic E-state index is 12.8. The number of carbonyl (C=O) groups is 1. The average molecular weight is 338 g/mol. The van der Waals surface area contributed by atoms with Crippen LogP contribution in [0.15, 0.2) is 42.6 Å². The van der Waals surface area contributed by atoms with Crippen molar-refractivity contribution in [3.63, 3.8) is 0 Å². The van der Waals surface area contributed by atoms with Gasteiger partial charge in [-0.1, -0.05) is 29.8 Å². The highest BCUT2D eigenvalue weighted by Gasteiger charge is 2.32. The molecule has 4 nitrogen and oxygen atoms in total. The molecule has 132 valence electrons. The van der Waals surface area contributed by atoms with Gasteiger partial charge < -0.3 is 9.64 Å². The van der Waals surface area contributed by atoms with Crippen molar-refractivity contribution in [1.82, 2.24) is 9.88 Å². The molecule has 1 aromatic heterocycles. The number of piperidine rings is 1. The molecule has 1 aliphatic rings. The Morgan fingerprint density at radius 2 is 2.04 bits per heavy atom. The van der Waals surface area contributed by atoms with Gasteiger partial charge in [-0.2, -0.15) is 0 Å². The highest BCUT2D eigenvalue weighted by atomic mass is 16.5. The van der Waals surface area contributed by atoms with Gasteiger partial charge in [0.2, 0.25) is 0 Å². The lowest BCUT2D eigenvalue weighted by atomic mass is 9.88. The third kappa shape index (κ3) is 4.26. The van der Waals surface area contributed by atoms with E-state index in [4.69, 9.17) is 4.74 Å². The monoisotopic (exact) mass is 338 g/mol. The van der Waals surface area contributed by atoms with Gasteiger partial charge in [-0.05, 0) is 49.9 Å². The number of rotatable bonds is 4. The number of methoxy groups -OCH3 is 1. The van der Waals surface area contributed by atoms with Crippen LogP contribution in [0.25, 0.3) is 0 Å². The summed E-state index contributed by atoms with van der Waals surface area (Å²) in [6.45, 7) is 5.52. The van der Waals surface area contributed by atoms with Crippen molar-refractivity contribution < 1.29 is 9.53 Å². The Labute approximate surface area is 149 Å². The number of benzene rings is 1. The summed E-state index contributed by atoms with van der Waals surface area (Å²) in [6, 6.07) is 12.3. The largest absolute Gasteiger partial charge is 0.381 e. The number of ether oxygens (including phenoxy) is 1. The predicted molar refractivity (Wildman–Crippen MR) is 98.7 cm³/mol. The second-order valence-corrected chi connectivity index (χ2v) is 6.99. The normalized spacial score (nSPS) is 20.5. The summed E-state index contributed by atoms with van der Waals surface area (Å²) in [5, 5.41) is 0. The van der Waals surface area contributed by atoms with Crippen molar-refractivity contribution in [2.75, 3.05) is 20.2 Å². The quantitative estimate of drug-likeness (QED) is 0.858. The van der Waals surface area contributed by atoms with Crippen LogP contribution in [0.3, 0.4) is 0 Å². The topological polar surface area (TPSA) is 42.4 Å². The van der Waals surface area contributed by atoms with E-state index in [1.807, 2.05) is 24.0 Å². The van der Waals surface area contributed by atoms with E-state index < -0.39 is 0 Å². The van der Waals surface area contributed by atoms with Gasteiger partial charge in [-0.3, -0.25) is 9.78 Å². The van der Waals surface area contributed by atoms with Crippen LogP contribution < -0.4 is 0 Å². The van der Waals surface area contributed by atoms with Crippen LogP contribution in [-0.2, 0) is 11.2 Å². The van der Waals surface area contributed by atoms with Crippen LogP contribution in [0.5, 0.6) is 0 Å². The number of likely N-dealkylation sites (tertiary alicyclic amines) is 1. The molecule has 0 aliphatic carbocycles. The van der Waals surface area contributed by atoms with Gasteiger partial charge in [0.05, 0.1) is 6.10 Å². The lowest BCUT2D eigenvalue weighted by Gasteiger charge is -2.38. The molecule has 2 heterocycles. The number of hydrogen-bond acceptors (Lipinski definition) is 3. The van der Waals surface area contributed by atoms with Gasteiger partial charge in [0.25, 0.3) is 5.91 Å². The molecule has 0 N–H and O–H groups in total. The molecule has 1 amide bonds. The third-order valence-electron chi connectivity index (χ3n) is 4.97. The first-order valence-electron chi connectivity index (χ1n) is 8.87. The first-order valence-corrected chi connectivity index (χ1v) is 8.87. The van der Waals surface area contributed by atoms with Crippen molar-refractivity contribution in [2.24, 2.45) is 5.92 Å². The minimum absolute atomic E-state index is 0.0208. The summed E-state index contributed by atoms with van der Waals surface area (Å²) in [6.07, 6.45) is 3.68. The van der Waals surface area contributed by atoms with Crippen molar-refractivity contribution in [2.45, 2.75) is 32.8 Å². The summed E-state index contributed by atoms with van der Waals surface area (Å²) in [5.74, 6) is 0.321. The van der Waals surface area contributed by atoms with E-state index in [0.717, 1.165) is 24.9 Å². The number of aryl methyl sites for hydroxylation is 2. The van der Waals surface area contributed by atoms with Crippen LogP contribution in [0.2, 0.25) is 0 Å². The summed E-state index contributed by atoms with van der Waals surface area (Å²) in [5.41, 5.74) is 4.15. The second-order valence-electron chi connectivity index (χ2n) is 6.99. The number of carbonyl (C=O) groups excluding carboxylic acids is 1. The first kappa shape index (κ1) is 17.6. The number of hydrogen-bond donors (Lipinski definition) is 0. The van der Waals surface area contributed by atoms with E-state index in [-0.39, 0.29) is 12.0 Å². The smallest absolute Gasteiger partial charge is 0.272 e. The summed E-state index contributed by atoms with van der Waals surface area (Å²) in [4.78, 5) is 19.0. The van der Waals surface area contributed by atoms with E-state index >= 15 is 0 Å². The highest BCUT2D eigenvalue weighted by Crippen LogP contribution is 2.25. The fourth-order valence-corrected chi connectivity index (χ4v) is 3.66. The minimum atomic E-state index is 0.0208. The number of amides is 1. The van der Waals surface area contributed by atoms with Crippen LogP contribution in [0.1, 0.15) is 33.6 Å². The zero-order chi connectivity index (χ0) is 17.8. The molecule has 4 heteroatoms. The summed E-state index contributed by atoms with van der Waals surface area (Å²) >= 11 is 0. The van der Waals surface area contributed by atoms with Gasteiger partial charge >= 0.3 is 0 Å². The Morgan fingerprint density at radius 1 is 1.24 bits per heavy atom. The molecule has 1 saturated heterocycles. The Kier molecular flexibility index (Phi) is 5.49. The summed E-state index contributed by atoms with van der Waals surface area (Å²) < 4.78 is 5.71. The molecule has 2 atom stereocenters. The predicted octanol–water partition coefficient (Wildman–Crippen LogP) is 3.42. The molecule has 3 rings (SSSR count). The minimum Gasteiger partial charge on any atom is -0.381 e. The standard InChI is InChI=1S/C21H26N2O2/c1-15-5-4-6-17(11-15)13-18-14-23(10-8-20(18)25-3)21(24)19-12-16(2)7-9-22-19/h4-7,9,11-12,18,20H,8,10,13-14H2,1-3H3/t18-,20-/m0/s1. The Bertz CT molecular complexity index is 744. The van der Waals surface area contributed by atoms with Gasteiger partial charge in [0, 0.05) is 32.3 Å². The SMILES string of the molecule is CO[C@H]1CCN(C(=O)c2cc(C)ccn2)C[C@@H]1Cc1cccc(C)c1. The maximum Gasteiger partial charge on any atom is 0.272 e. The van der Waals surface area contributed by atoms with Gasteiger partial charge in [0.1, 0.15) is 5.69 Å². The van der Waals surface area contributed by atoms with Crippen LogP contribution in [-0.4, -0.2) is 42.1 Å². The van der Waals surface area contributed by atoms with Crippen LogP contribution in [0, 0.1) is 19.8 Å². The molecular weight excluding hydrogens is 312 g/mol. The van der Waals surface area contributed by atoms with Gasteiger partial charge in [-0.25, -0.2) is 0 Å².